The van der Waals surface area contributed by atoms with Crippen molar-refractivity contribution < 1.29 is 9.84 Å². The van der Waals surface area contributed by atoms with Gasteiger partial charge in [-0.25, -0.2) is 0 Å². The molecule has 0 bridgehead atoms. The third kappa shape index (κ3) is 2.88. The summed E-state index contributed by atoms with van der Waals surface area (Å²) in [6.07, 6.45) is 0.431. The first-order valence-electron chi connectivity index (χ1n) is 6.23. The molecule has 96 valence electrons. The van der Waals surface area contributed by atoms with Gasteiger partial charge in [0.05, 0.1) is 38.4 Å². The molecule has 0 radical (unpaired) electrons. The van der Waals surface area contributed by atoms with E-state index in [1.165, 1.54) is 0 Å². The molecule has 4 nitrogen and oxygen atoms in total. The lowest BCUT2D eigenvalue weighted by Gasteiger charge is -2.39. The molecule has 0 aliphatic carbocycles. The van der Waals surface area contributed by atoms with E-state index in [4.69, 9.17) is 10.00 Å². The van der Waals surface area contributed by atoms with Crippen molar-refractivity contribution in [3.05, 3.63) is 35.9 Å². The number of ether oxygens (including phenoxy) is 1. The molecule has 1 aromatic carbocycles. The van der Waals surface area contributed by atoms with Crippen LogP contribution in [0.2, 0.25) is 0 Å². The largest absolute Gasteiger partial charge is 0.395 e. The van der Waals surface area contributed by atoms with Crippen LogP contribution < -0.4 is 0 Å². The number of nitriles is 1. The van der Waals surface area contributed by atoms with E-state index in [0.29, 0.717) is 19.6 Å². The fraction of sp³-hybridized carbons (Fsp3) is 0.500. The number of benzene rings is 1. The molecule has 0 aromatic heterocycles. The van der Waals surface area contributed by atoms with Crippen molar-refractivity contribution in [2.24, 2.45) is 0 Å². The summed E-state index contributed by atoms with van der Waals surface area (Å²) < 4.78 is 5.38. The Hall–Kier alpha value is -1.41. The van der Waals surface area contributed by atoms with Gasteiger partial charge in [0.1, 0.15) is 0 Å². The van der Waals surface area contributed by atoms with Gasteiger partial charge in [0.25, 0.3) is 0 Å². The van der Waals surface area contributed by atoms with E-state index >= 15 is 0 Å². The second-order valence-corrected chi connectivity index (χ2v) is 4.44. The van der Waals surface area contributed by atoms with Crippen LogP contribution in [0.1, 0.15) is 18.0 Å². The Labute approximate surface area is 107 Å². The van der Waals surface area contributed by atoms with Crippen molar-refractivity contribution in [3.8, 4) is 6.07 Å². The molecule has 1 aliphatic rings. The molecule has 1 N–H and O–H groups in total. The molecule has 1 aliphatic heterocycles. The molecular weight excluding hydrogens is 228 g/mol. The Kier molecular flexibility index (Phi) is 4.71. The maximum Gasteiger partial charge on any atom is 0.0645 e. The zero-order chi connectivity index (χ0) is 12.8. The second-order valence-electron chi connectivity index (χ2n) is 4.44. The van der Waals surface area contributed by atoms with Crippen molar-refractivity contribution in [3.63, 3.8) is 0 Å². The number of rotatable bonds is 4. The summed E-state index contributed by atoms with van der Waals surface area (Å²) in [7, 11) is 0. The first kappa shape index (κ1) is 13.0. The van der Waals surface area contributed by atoms with E-state index < -0.39 is 0 Å². The van der Waals surface area contributed by atoms with Crippen LogP contribution in [-0.4, -0.2) is 42.4 Å². The summed E-state index contributed by atoms with van der Waals surface area (Å²) in [6.45, 7) is 2.01. The van der Waals surface area contributed by atoms with Crippen LogP contribution in [0, 0.1) is 11.3 Å². The summed E-state index contributed by atoms with van der Waals surface area (Å²) in [4.78, 5) is 2.18. The van der Waals surface area contributed by atoms with Crippen molar-refractivity contribution in [2.75, 3.05) is 26.4 Å². The average molecular weight is 246 g/mol. The van der Waals surface area contributed by atoms with Crippen molar-refractivity contribution in [1.29, 1.82) is 5.26 Å². The molecule has 0 spiro atoms. The molecule has 2 atom stereocenters. The zero-order valence-electron chi connectivity index (χ0n) is 10.3. The molecular formula is C14H18N2O2. The van der Waals surface area contributed by atoms with E-state index in [1.54, 1.807) is 0 Å². The normalized spacial score (nSPS) is 22.3. The Morgan fingerprint density at radius 1 is 1.44 bits per heavy atom. The fourth-order valence-corrected chi connectivity index (χ4v) is 2.42. The van der Waals surface area contributed by atoms with Crippen molar-refractivity contribution >= 4 is 0 Å². The van der Waals surface area contributed by atoms with Gasteiger partial charge in [-0.2, -0.15) is 5.26 Å². The van der Waals surface area contributed by atoms with E-state index in [0.717, 1.165) is 12.1 Å². The molecule has 1 heterocycles. The average Bonchev–Trinajstić information content (AvgIpc) is 2.46. The van der Waals surface area contributed by atoms with Gasteiger partial charge in [0.15, 0.2) is 0 Å². The third-order valence-corrected chi connectivity index (χ3v) is 3.35. The lowest BCUT2D eigenvalue weighted by Crippen LogP contribution is -2.49. The minimum Gasteiger partial charge on any atom is -0.395 e. The maximum absolute atomic E-state index is 9.42. The predicted octanol–water partition coefficient (Wildman–Crippen LogP) is 1.33. The van der Waals surface area contributed by atoms with Crippen molar-refractivity contribution in [2.45, 2.75) is 18.5 Å². The second kappa shape index (κ2) is 6.50. The van der Waals surface area contributed by atoms with Gasteiger partial charge < -0.3 is 9.84 Å². The van der Waals surface area contributed by atoms with Gasteiger partial charge in [-0.05, 0) is 5.56 Å². The number of morpholine rings is 1. The van der Waals surface area contributed by atoms with Gasteiger partial charge in [0.2, 0.25) is 0 Å². The van der Waals surface area contributed by atoms with E-state index in [9.17, 15) is 5.11 Å². The number of aliphatic hydroxyl groups is 1. The number of nitrogens with zero attached hydrogens (tertiary/aromatic N) is 2. The molecule has 18 heavy (non-hydrogen) atoms. The molecule has 0 amide bonds. The Balaban J connectivity index is 2.21. The first-order chi connectivity index (χ1) is 8.86. The van der Waals surface area contributed by atoms with E-state index in [2.05, 4.69) is 11.0 Å². The lowest BCUT2D eigenvalue weighted by atomic mass is 10.00. The van der Waals surface area contributed by atoms with Crippen molar-refractivity contribution in [1.82, 2.24) is 4.90 Å². The molecule has 1 aromatic rings. The summed E-state index contributed by atoms with van der Waals surface area (Å²) in [5.74, 6) is 0. The Bertz CT molecular complexity index is 402. The van der Waals surface area contributed by atoms with Gasteiger partial charge in [-0.1, -0.05) is 30.3 Å². The van der Waals surface area contributed by atoms with E-state index in [-0.39, 0.29) is 18.7 Å². The summed E-state index contributed by atoms with van der Waals surface area (Å²) >= 11 is 0. The summed E-state index contributed by atoms with van der Waals surface area (Å²) in [6, 6.07) is 12.3. The maximum atomic E-state index is 9.42. The number of hydrogen-bond acceptors (Lipinski definition) is 4. The van der Waals surface area contributed by atoms with Crippen LogP contribution in [0.3, 0.4) is 0 Å². The van der Waals surface area contributed by atoms with Gasteiger partial charge in [-0.3, -0.25) is 4.90 Å². The quantitative estimate of drug-likeness (QED) is 0.871. The fourth-order valence-electron chi connectivity index (χ4n) is 2.42. The smallest absolute Gasteiger partial charge is 0.0645 e. The van der Waals surface area contributed by atoms with Crippen LogP contribution >= 0.6 is 0 Å². The number of aliphatic hydroxyl groups excluding tert-OH is 1. The topological polar surface area (TPSA) is 56.5 Å². The highest BCUT2D eigenvalue weighted by molar-refractivity contribution is 5.20. The molecule has 0 saturated carbocycles. The van der Waals surface area contributed by atoms with Crippen LogP contribution in [0.5, 0.6) is 0 Å². The summed E-state index contributed by atoms with van der Waals surface area (Å²) in [5, 5.41) is 18.4. The molecule has 2 unspecified atom stereocenters. The standard InChI is InChI=1S/C14H18N2O2/c15-7-6-14(12-4-2-1-3-5-12)16-8-9-18-11-13(16)10-17/h1-5,13-14,17H,6,8-11H2. The minimum atomic E-state index is -0.0164. The SMILES string of the molecule is N#CCC(c1ccccc1)N1CCOCC1CO. The number of hydrogen-bond donors (Lipinski definition) is 1. The van der Waals surface area contributed by atoms with Crippen LogP contribution in [-0.2, 0) is 4.74 Å². The molecule has 1 saturated heterocycles. The van der Waals surface area contributed by atoms with Gasteiger partial charge >= 0.3 is 0 Å². The van der Waals surface area contributed by atoms with Crippen LogP contribution in [0.4, 0.5) is 0 Å². The lowest BCUT2D eigenvalue weighted by molar-refractivity contribution is -0.0472. The monoisotopic (exact) mass is 246 g/mol. The minimum absolute atomic E-state index is 0.0164. The van der Waals surface area contributed by atoms with E-state index in [1.807, 2.05) is 30.3 Å². The molecule has 2 rings (SSSR count). The Morgan fingerprint density at radius 2 is 2.22 bits per heavy atom. The summed E-state index contributed by atoms with van der Waals surface area (Å²) in [5.41, 5.74) is 1.12. The zero-order valence-corrected chi connectivity index (χ0v) is 10.3. The molecule has 4 heteroatoms. The first-order valence-corrected chi connectivity index (χ1v) is 6.23. The van der Waals surface area contributed by atoms with Gasteiger partial charge in [0, 0.05) is 12.6 Å². The Morgan fingerprint density at radius 3 is 2.89 bits per heavy atom. The third-order valence-electron chi connectivity index (χ3n) is 3.35. The predicted molar refractivity (Wildman–Crippen MR) is 67.8 cm³/mol. The highest BCUT2D eigenvalue weighted by Gasteiger charge is 2.29. The highest BCUT2D eigenvalue weighted by atomic mass is 16.5. The van der Waals surface area contributed by atoms with Crippen LogP contribution in [0.15, 0.2) is 30.3 Å². The van der Waals surface area contributed by atoms with Gasteiger partial charge in [-0.15, -0.1) is 0 Å². The molecule has 1 fully saturated rings. The van der Waals surface area contributed by atoms with Crippen LogP contribution in [0.25, 0.3) is 0 Å². The highest BCUT2D eigenvalue weighted by Crippen LogP contribution is 2.27.